The quantitative estimate of drug-likeness (QED) is 0.368. The summed E-state index contributed by atoms with van der Waals surface area (Å²) in [7, 11) is 0. The molecule has 0 bridgehead atoms. The van der Waals surface area contributed by atoms with Gasteiger partial charge in [-0.15, -0.1) is 0 Å². The van der Waals surface area contributed by atoms with Crippen LogP contribution in [0.25, 0.3) is 5.57 Å². The number of allylic oxidation sites excluding steroid dienone is 1. The number of hydrogen-bond donors (Lipinski definition) is 2. The normalized spacial score (nSPS) is 10.8. The first-order valence-electron chi connectivity index (χ1n) is 11.0. The molecule has 0 spiro atoms. The Kier molecular flexibility index (Phi) is 9.68. The van der Waals surface area contributed by atoms with E-state index in [-0.39, 0.29) is 0 Å². The fourth-order valence-electron chi connectivity index (χ4n) is 3.74. The maximum Gasteiger partial charge on any atom is 0.115 e. The molecule has 2 heteroatoms. The summed E-state index contributed by atoms with van der Waals surface area (Å²) >= 11 is 0. The Hall–Kier alpha value is -2.22. The number of unbranched alkanes of at least 4 members (excludes halogenated alkanes) is 6. The van der Waals surface area contributed by atoms with E-state index in [1.165, 1.54) is 62.5 Å². The molecule has 0 aliphatic rings. The Morgan fingerprint density at radius 1 is 0.571 bits per heavy atom. The van der Waals surface area contributed by atoms with Crippen molar-refractivity contribution >= 4 is 5.57 Å². The summed E-state index contributed by atoms with van der Waals surface area (Å²) in [6.07, 6.45) is 12.3. The van der Waals surface area contributed by atoms with Crippen LogP contribution in [0.4, 0.5) is 0 Å². The summed E-state index contributed by atoms with van der Waals surface area (Å²) in [6.45, 7) is 4.50. The van der Waals surface area contributed by atoms with Crippen LogP contribution in [-0.2, 0) is 0 Å². The maximum atomic E-state index is 9.74. The van der Waals surface area contributed by atoms with E-state index in [4.69, 9.17) is 0 Å². The Morgan fingerprint density at radius 3 is 1.32 bits per heavy atom. The molecule has 0 fully saturated rings. The van der Waals surface area contributed by atoms with Crippen LogP contribution >= 0.6 is 0 Å². The first-order valence-corrected chi connectivity index (χ1v) is 11.0. The van der Waals surface area contributed by atoms with Crippen LogP contribution in [0, 0.1) is 0 Å². The standard InChI is InChI=1S/C26H36O2/c1-3-5-7-9-11-21(12-10-8-6-4-2)26(22-13-17-24(27)18-14-22)23-15-19-25(28)20-16-23/h13-20,27-28H,3-12H2,1-2H3. The highest BCUT2D eigenvalue weighted by Gasteiger charge is 2.13. The summed E-state index contributed by atoms with van der Waals surface area (Å²) in [5.41, 5.74) is 5.06. The van der Waals surface area contributed by atoms with Crippen molar-refractivity contribution in [1.82, 2.24) is 0 Å². The Morgan fingerprint density at radius 2 is 0.964 bits per heavy atom. The van der Waals surface area contributed by atoms with Crippen molar-refractivity contribution in [3.05, 3.63) is 65.2 Å². The zero-order valence-corrected chi connectivity index (χ0v) is 17.6. The van der Waals surface area contributed by atoms with E-state index in [0.29, 0.717) is 11.5 Å². The highest BCUT2D eigenvalue weighted by molar-refractivity contribution is 5.82. The van der Waals surface area contributed by atoms with Crippen LogP contribution in [0.3, 0.4) is 0 Å². The van der Waals surface area contributed by atoms with Gasteiger partial charge < -0.3 is 10.2 Å². The molecule has 2 aromatic carbocycles. The van der Waals surface area contributed by atoms with Gasteiger partial charge in [-0.2, -0.15) is 0 Å². The molecule has 0 saturated carbocycles. The molecule has 0 aliphatic carbocycles. The summed E-state index contributed by atoms with van der Waals surface area (Å²) < 4.78 is 0. The minimum atomic E-state index is 0.293. The van der Waals surface area contributed by atoms with Crippen molar-refractivity contribution < 1.29 is 10.2 Å². The van der Waals surface area contributed by atoms with E-state index in [2.05, 4.69) is 13.8 Å². The maximum absolute atomic E-state index is 9.74. The first-order chi connectivity index (χ1) is 13.7. The zero-order valence-electron chi connectivity index (χ0n) is 17.6. The fraction of sp³-hybridized carbons (Fsp3) is 0.462. The number of phenols is 2. The molecule has 2 N–H and O–H groups in total. The second kappa shape index (κ2) is 12.3. The van der Waals surface area contributed by atoms with E-state index in [1.54, 1.807) is 24.3 Å². The lowest BCUT2D eigenvalue weighted by molar-refractivity contribution is 0.475. The van der Waals surface area contributed by atoms with Crippen molar-refractivity contribution in [3.8, 4) is 11.5 Å². The second-order valence-corrected chi connectivity index (χ2v) is 7.69. The largest absolute Gasteiger partial charge is 0.508 e. The molecule has 0 radical (unpaired) electrons. The molecule has 152 valence electrons. The molecule has 0 heterocycles. The van der Waals surface area contributed by atoms with Crippen molar-refractivity contribution in [2.24, 2.45) is 0 Å². The molecule has 2 nitrogen and oxygen atoms in total. The van der Waals surface area contributed by atoms with Gasteiger partial charge in [0.25, 0.3) is 0 Å². The summed E-state index contributed by atoms with van der Waals surface area (Å²) in [4.78, 5) is 0. The van der Waals surface area contributed by atoms with Crippen molar-refractivity contribution in [2.45, 2.75) is 78.1 Å². The van der Waals surface area contributed by atoms with Gasteiger partial charge in [-0.05, 0) is 66.6 Å². The third-order valence-electron chi connectivity index (χ3n) is 5.33. The molecule has 0 aromatic heterocycles. The Bertz CT molecular complexity index is 650. The number of aromatic hydroxyl groups is 2. The van der Waals surface area contributed by atoms with E-state index in [9.17, 15) is 10.2 Å². The van der Waals surface area contributed by atoms with E-state index >= 15 is 0 Å². The van der Waals surface area contributed by atoms with Gasteiger partial charge in [0.15, 0.2) is 0 Å². The Balaban J connectivity index is 2.40. The topological polar surface area (TPSA) is 40.5 Å². The lowest BCUT2D eigenvalue weighted by atomic mass is 9.87. The van der Waals surface area contributed by atoms with Gasteiger partial charge in [-0.3, -0.25) is 0 Å². The van der Waals surface area contributed by atoms with Crippen molar-refractivity contribution in [3.63, 3.8) is 0 Å². The predicted molar refractivity (Wildman–Crippen MR) is 120 cm³/mol. The lowest BCUT2D eigenvalue weighted by Gasteiger charge is -2.18. The number of phenolic OH excluding ortho intramolecular Hbond substituents is 2. The van der Waals surface area contributed by atoms with Crippen LogP contribution in [0.2, 0.25) is 0 Å². The molecule has 0 unspecified atom stereocenters. The number of hydrogen-bond acceptors (Lipinski definition) is 2. The molecule has 28 heavy (non-hydrogen) atoms. The van der Waals surface area contributed by atoms with Crippen LogP contribution in [0.15, 0.2) is 54.1 Å². The van der Waals surface area contributed by atoms with E-state index in [1.807, 2.05) is 24.3 Å². The number of benzene rings is 2. The summed E-state index contributed by atoms with van der Waals surface area (Å²) in [5, 5.41) is 19.5. The minimum Gasteiger partial charge on any atom is -0.508 e. The van der Waals surface area contributed by atoms with Gasteiger partial charge >= 0.3 is 0 Å². The molecule has 0 amide bonds. The molecule has 0 aliphatic heterocycles. The van der Waals surface area contributed by atoms with Crippen LogP contribution < -0.4 is 0 Å². The molecular formula is C26H36O2. The third-order valence-corrected chi connectivity index (χ3v) is 5.33. The van der Waals surface area contributed by atoms with Gasteiger partial charge in [-0.1, -0.05) is 82.2 Å². The van der Waals surface area contributed by atoms with Gasteiger partial charge in [0.2, 0.25) is 0 Å². The molecule has 0 saturated heterocycles. The van der Waals surface area contributed by atoms with E-state index in [0.717, 1.165) is 24.0 Å². The average Bonchev–Trinajstić information content (AvgIpc) is 2.71. The van der Waals surface area contributed by atoms with Crippen LogP contribution in [0.1, 0.15) is 89.2 Å². The summed E-state index contributed by atoms with van der Waals surface area (Å²) in [6, 6.07) is 15.1. The van der Waals surface area contributed by atoms with Crippen LogP contribution in [0.5, 0.6) is 11.5 Å². The van der Waals surface area contributed by atoms with Gasteiger partial charge in [0.05, 0.1) is 0 Å². The number of rotatable bonds is 12. The highest BCUT2D eigenvalue weighted by atomic mass is 16.3. The predicted octanol–water partition coefficient (Wildman–Crippen LogP) is 7.84. The average molecular weight is 381 g/mol. The monoisotopic (exact) mass is 380 g/mol. The third kappa shape index (κ3) is 7.07. The first kappa shape index (κ1) is 22.1. The van der Waals surface area contributed by atoms with E-state index < -0.39 is 0 Å². The van der Waals surface area contributed by atoms with Crippen molar-refractivity contribution in [2.75, 3.05) is 0 Å². The van der Waals surface area contributed by atoms with Crippen molar-refractivity contribution in [1.29, 1.82) is 0 Å². The van der Waals surface area contributed by atoms with Crippen LogP contribution in [-0.4, -0.2) is 10.2 Å². The summed E-state index contributed by atoms with van der Waals surface area (Å²) in [5.74, 6) is 0.586. The van der Waals surface area contributed by atoms with Gasteiger partial charge in [0, 0.05) is 0 Å². The minimum absolute atomic E-state index is 0.293. The smallest absolute Gasteiger partial charge is 0.115 e. The van der Waals surface area contributed by atoms with Gasteiger partial charge in [-0.25, -0.2) is 0 Å². The fourth-order valence-corrected chi connectivity index (χ4v) is 3.74. The van der Waals surface area contributed by atoms with Gasteiger partial charge in [0.1, 0.15) is 11.5 Å². The molecule has 0 atom stereocenters. The molecular weight excluding hydrogens is 344 g/mol. The zero-order chi connectivity index (χ0) is 20.2. The Labute approximate surface area is 170 Å². The molecule has 2 rings (SSSR count). The lowest BCUT2D eigenvalue weighted by Crippen LogP contribution is -1.97. The highest BCUT2D eigenvalue weighted by Crippen LogP contribution is 2.34. The SMILES string of the molecule is CCCCCCC(CCCCCC)=C(c1ccc(O)cc1)c1ccc(O)cc1. The second-order valence-electron chi connectivity index (χ2n) is 7.69. The molecule has 2 aromatic rings.